The molecule has 1 amide bonds. The molecular formula is C12H18N4O. The van der Waals surface area contributed by atoms with E-state index in [4.69, 9.17) is 5.73 Å². The molecule has 0 fully saturated rings. The summed E-state index contributed by atoms with van der Waals surface area (Å²) in [5.41, 5.74) is 8.77. The number of carbonyl (C=O) groups excluding carboxylic acids is 1. The zero-order chi connectivity index (χ0) is 12.8. The number of nitrogens with two attached hydrogens (primary N) is 1. The molecule has 0 radical (unpaired) electrons. The normalized spacial score (nSPS) is 9.59. The predicted molar refractivity (Wildman–Crippen MR) is 69.6 cm³/mol. The molecule has 2 rings (SSSR count). The molecule has 5 heteroatoms. The highest BCUT2D eigenvalue weighted by molar-refractivity contribution is 5.77. The van der Waals surface area contributed by atoms with E-state index in [1.807, 2.05) is 6.07 Å². The van der Waals surface area contributed by atoms with Crippen molar-refractivity contribution in [1.29, 1.82) is 0 Å². The predicted octanol–water partition coefficient (Wildman–Crippen LogP) is 1.41. The summed E-state index contributed by atoms with van der Waals surface area (Å²) in [6.07, 6.45) is 1.79. The standard InChI is InChI=1S/C9H11N3.C3H7NO/c1-2-6-3-4-7-8(5-6)12-9(10)11-7;1-4(2)3-5/h3-5H,2H2,1H3,(H3,10,11,12);3H,1-2H3. The maximum absolute atomic E-state index is 9.43. The third kappa shape index (κ3) is 3.79. The van der Waals surface area contributed by atoms with Crippen LogP contribution in [0.2, 0.25) is 0 Å². The van der Waals surface area contributed by atoms with E-state index in [2.05, 4.69) is 29.0 Å². The number of aromatic nitrogens is 2. The molecule has 1 aromatic carbocycles. The van der Waals surface area contributed by atoms with Gasteiger partial charge in [-0.05, 0) is 24.1 Å². The van der Waals surface area contributed by atoms with Gasteiger partial charge in [0.15, 0.2) is 5.95 Å². The summed E-state index contributed by atoms with van der Waals surface area (Å²) in [4.78, 5) is 18.0. The lowest BCUT2D eigenvalue weighted by atomic mass is 10.1. The molecular weight excluding hydrogens is 216 g/mol. The van der Waals surface area contributed by atoms with E-state index < -0.39 is 0 Å². The van der Waals surface area contributed by atoms with Crippen molar-refractivity contribution in [3.8, 4) is 0 Å². The number of carbonyl (C=O) groups is 1. The van der Waals surface area contributed by atoms with Crippen LogP contribution in [0.15, 0.2) is 18.2 Å². The SMILES string of the molecule is CCc1ccc2nc(N)[nH]c2c1.CN(C)C=O. The van der Waals surface area contributed by atoms with E-state index in [9.17, 15) is 4.79 Å². The first-order chi connectivity index (χ1) is 8.06. The molecule has 0 aliphatic rings. The number of nitrogens with one attached hydrogen (secondary N) is 1. The Hall–Kier alpha value is -2.04. The van der Waals surface area contributed by atoms with Gasteiger partial charge in [-0.15, -0.1) is 0 Å². The second-order valence-corrected chi connectivity index (χ2v) is 3.90. The lowest BCUT2D eigenvalue weighted by molar-refractivity contribution is -0.115. The molecule has 1 aromatic heterocycles. The number of fused-ring (bicyclic) bond motifs is 1. The van der Waals surface area contributed by atoms with Gasteiger partial charge in [-0.25, -0.2) is 4.98 Å². The highest BCUT2D eigenvalue weighted by atomic mass is 16.1. The smallest absolute Gasteiger partial charge is 0.209 e. The van der Waals surface area contributed by atoms with Crippen molar-refractivity contribution in [3.63, 3.8) is 0 Å². The summed E-state index contributed by atoms with van der Waals surface area (Å²) in [6, 6.07) is 6.14. The van der Waals surface area contributed by atoms with Gasteiger partial charge in [0.1, 0.15) is 0 Å². The molecule has 0 atom stereocenters. The third-order valence-electron chi connectivity index (χ3n) is 2.18. The van der Waals surface area contributed by atoms with Crippen molar-refractivity contribution in [1.82, 2.24) is 14.9 Å². The Balaban J connectivity index is 0.000000249. The quantitative estimate of drug-likeness (QED) is 0.771. The number of aromatic amines is 1. The number of amides is 1. The summed E-state index contributed by atoms with van der Waals surface area (Å²) < 4.78 is 0. The zero-order valence-corrected chi connectivity index (χ0v) is 10.4. The maximum Gasteiger partial charge on any atom is 0.209 e. The molecule has 0 saturated carbocycles. The first-order valence-electron chi connectivity index (χ1n) is 5.42. The molecule has 0 unspecified atom stereocenters. The van der Waals surface area contributed by atoms with Crippen LogP contribution >= 0.6 is 0 Å². The Kier molecular flexibility index (Phi) is 4.51. The van der Waals surface area contributed by atoms with Crippen LogP contribution < -0.4 is 5.73 Å². The van der Waals surface area contributed by atoms with Gasteiger partial charge in [0.05, 0.1) is 11.0 Å². The van der Waals surface area contributed by atoms with Gasteiger partial charge >= 0.3 is 0 Å². The summed E-state index contributed by atoms with van der Waals surface area (Å²) in [5, 5.41) is 0. The average molecular weight is 234 g/mol. The van der Waals surface area contributed by atoms with Crippen LogP contribution in [0.3, 0.4) is 0 Å². The summed E-state index contributed by atoms with van der Waals surface area (Å²) >= 11 is 0. The van der Waals surface area contributed by atoms with Crippen molar-refractivity contribution in [2.24, 2.45) is 0 Å². The second-order valence-electron chi connectivity index (χ2n) is 3.90. The van der Waals surface area contributed by atoms with E-state index in [0.29, 0.717) is 5.95 Å². The molecule has 17 heavy (non-hydrogen) atoms. The van der Waals surface area contributed by atoms with Gasteiger partial charge in [-0.3, -0.25) is 4.79 Å². The monoisotopic (exact) mass is 234 g/mol. The fourth-order valence-electron chi connectivity index (χ4n) is 1.30. The number of hydrogen-bond donors (Lipinski definition) is 2. The molecule has 2 aromatic rings. The van der Waals surface area contributed by atoms with Gasteiger partial charge in [-0.2, -0.15) is 0 Å². The van der Waals surface area contributed by atoms with Crippen LogP contribution in [0.4, 0.5) is 5.95 Å². The minimum Gasteiger partial charge on any atom is -0.369 e. The number of rotatable bonds is 2. The molecule has 0 aliphatic heterocycles. The molecule has 1 heterocycles. The molecule has 0 spiro atoms. The lowest BCUT2D eigenvalue weighted by Crippen LogP contribution is -2.06. The topological polar surface area (TPSA) is 75.0 Å². The number of H-pyrrole nitrogens is 1. The highest BCUT2D eigenvalue weighted by Crippen LogP contribution is 2.14. The van der Waals surface area contributed by atoms with E-state index >= 15 is 0 Å². The summed E-state index contributed by atoms with van der Waals surface area (Å²) in [5.74, 6) is 0.484. The van der Waals surface area contributed by atoms with Crippen molar-refractivity contribution in [2.75, 3.05) is 19.8 Å². The zero-order valence-electron chi connectivity index (χ0n) is 10.4. The van der Waals surface area contributed by atoms with E-state index in [1.165, 1.54) is 10.5 Å². The second kappa shape index (κ2) is 5.89. The van der Waals surface area contributed by atoms with Crippen LogP contribution in [0.1, 0.15) is 12.5 Å². The number of hydrogen-bond acceptors (Lipinski definition) is 3. The Labute approximate surface area is 101 Å². The first-order valence-corrected chi connectivity index (χ1v) is 5.42. The van der Waals surface area contributed by atoms with Crippen LogP contribution in [-0.2, 0) is 11.2 Å². The summed E-state index contributed by atoms with van der Waals surface area (Å²) in [6.45, 7) is 2.13. The van der Waals surface area contributed by atoms with Crippen molar-refractivity contribution in [2.45, 2.75) is 13.3 Å². The van der Waals surface area contributed by atoms with E-state index in [-0.39, 0.29) is 0 Å². The van der Waals surface area contributed by atoms with Crippen LogP contribution in [0, 0.1) is 0 Å². The molecule has 0 bridgehead atoms. The number of nitrogen functional groups attached to an aromatic ring is 1. The largest absolute Gasteiger partial charge is 0.369 e. The fourth-order valence-corrected chi connectivity index (χ4v) is 1.30. The van der Waals surface area contributed by atoms with Gasteiger partial charge < -0.3 is 15.6 Å². The van der Waals surface area contributed by atoms with Gasteiger partial charge in [0.25, 0.3) is 0 Å². The van der Waals surface area contributed by atoms with Crippen LogP contribution in [-0.4, -0.2) is 35.4 Å². The minimum absolute atomic E-state index is 0.484. The van der Waals surface area contributed by atoms with E-state index in [1.54, 1.807) is 14.1 Å². The number of anilines is 1. The maximum atomic E-state index is 9.43. The van der Waals surface area contributed by atoms with Crippen molar-refractivity contribution >= 4 is 23.4 Å². The van der Waals surface area contributed by atoms with Gasteiger partial charge in [0.2, 0.25) is 6.41 Å². The van der Waals surface area contributed by atoms with Crippen molar-refractivity contribution < 1.29 is 4.79 Å². The molecule has 92 valence electrons. The third-order valence-corrected chi connectivity index (χ3v) is 2.18. The summed E-state index contributed by atoms with van der Waals surface area (Å²) in [7, 11) is 3.38. The Morgan fingerprint density at radius 2 is 2.12 bits per heavy atom. The van der Waals surface area contributed by atoms with Gasteiger partial charge in [-0.1, -0.05) is 13.0 Å². The van der Waals surface area contributed by atoms with Crippen molar-refractivity contribution in [3.05, 3.63) is 23.8 Å². The Bertz CT molecular complexity index is 490. The Morgan fingerprint density at radius 3 is 2.65 bits per heavy atom. The number of benzene rings is 1. The lowest BCUT2D eigenvalue weighted by Gasteiger charge is -1.93. The first kappa shape index (κ1) is 13.0. The Morgan fingerprint density at radius 1 is 1.47 bits per heavy atom. The average Bonchev–Trinajstić information content (AvgIpc) is 2.68. The van der Waals surface area contributed by atoms with Gasteiger partial charge in [0, 0.05) is 14.1 Å². The molecule has 5 nitrogen and oxygen atoms in total. The van der Waals surface area contributed by atoms with E-state index in [0.717, 1.165) is 23.9 Å². The number of nitrogens with zero attached hydrogens (tertiary/aromatic N) is 2. The van der Waals surface area contributed by atoms with Crippen LogP contribution in [0.5, 0.6) is 0 Å². The molecule has 0 saturated heterocycles. The molecule has 0 aliphatic carbocycles. The fraction of sp³-hybridized carbons (Fsp3) is 0.333. The highest BCUT2D eigenvalue weighted by Gasteiger charge is 1.98. The minimum atomic E-state index is 0.484. The van der Waals surface area contributed by atoms with Crippen LogP contribution in [0.25, 0.3) is 11.0 Å². The number of aryl methyl sites for hydroxylation is 1. The molecule has 3 N–H and O–H groups in total. The number of imidazole rings is 1.